The molecule has 0 atom stereocenters. The summed E-state index contributed by atoms with van der Waals surface area (Å²) >= 11 is 0. The molecule has 13 heavy (non-hydrogen) atoms. The second-order valence-corrected chi connectivity index (χ2v) is 2.56. The largest absolute Gasteiger partial charge is 0.373 e. The lowest BCUT2D eigenvalue weighted by molar-refractivity contribution is 0.0983. The average Bonchev–Trinajstić information content (AvgIpc) is 2.16. The maximum absolute atomic E-state index is 13.1. The first-order chi connectivity index (χ1) is 6.19. The highest BCUT2D eigenvalue weighted by molar-refractivity contribution is 5.95. The van der Waals surface area contributed by atoms with Crippen molar-refractivity contribution in [2.45, 2.75) is 13.3 Å². The molecule has 70 valence electrons. The summed E-state index contributed by atoms with van der Waals surface area (Å²) in [6.07, 6.45) is 0.289. The van der Waals surface area contributed by atoms with Crippen molar-refractivity contribution in [3.63, 3.8) is 0 Å². The van der Waals surface area contributed by atoms with Crippen molar-refractivity contribution in [2.75, 3.05) is 12.4 Å². The first-order valence-electron chi connectivity index (χ1n) is 4.06. The molecule has 0 spiro atoms. The number of pyridine rings is 1. The minimum Gasteiger partial charge on any atom is -0.373 e. The van der Waals surface area contributed by atoms with Crippen LogP contribution >= 0.6 is 0 Å². The molecule has 1 heterocycles. The quantitative estimate of drug-likeness (QED) is 0.573. The molecular weight excluding hydrogens is 171 g/mol. The molecule has 0 aliphatic heterocycles. The van der Waals surface area contributed by atoms with E-state index in [9.17, 15) is 9.18 Å². The van der Waals surface area contributed by atoms with E-state index in [1.54, 1.807) is 20.0 Å². The van der Waals surface area contributed by atoms with Crippen LogP contribution in [0.2, 0.25) is 0 Å². The average molecular weight is 182 g/mol. The van der Waals surface area contributed by atoms with Gasteiger partial charge >= 0.3 is 0 Å². The Kier molecular flexibility index (Phi) is 2.95. The SMILES string of the molecule is CCC(=O)c1ccc(NC)nc1F. The Bertz CT molecular complexity index is 325. The summed E-state index contributed by atoms with van der Waals surface area (Å²) in [5, 5.41) is 2.69. The molecule has 0 amide bonds. The van der Waals surface area contributed by atoms with Crippen LogP contribution in [-0.2, 0) is 0 Å². The van der Waals surface area contributed by atoms with Gasteiger partial charge in [0.1, 0.15) is 5.82 Å². The van der Waals surface area contributed by atoms with Gasteiger partial charge in [0.05, 0.1) is 5.56 Å². The number of aromatic nitrogens is 1. The zero-order valence-corrected chi connectivity index (χ0v) is 7.60. The lowest BCUT2D eigenvalue weighted by Gasteiger charge is -2.02. The highest BCUT2D eigenvalue weighted by atomic mass is 19.1. The molecule has 0 fully saturated rings. The molecule has 0 saturated carbocycles. The first kappa shape index (κ1) is 9.64. The van der Waals surface area contributed by atoms with E-state index in [0.717, 1.165) is 0 Å². The van der Waals surface area contributed by atoms with Gasteiger partial charge < -0.3 is 5.32 Å². The molecule has 0 bridgehead atoms. The van der Waals surface area contributed by atoms with Gasteiger partial charge in [0.15, 0.2) is 5.78 Å². The van der Waals surface area contributed by atoms with Gasteiger partial charge in [-0.25, -0.2) is 4.98 Å². The van der Waals surface area contributed by atoms with Crippen molar-refractivity contribution < 1.29 is 9.18 Å². The van der Waals surface area contributed by atoms with E-state index < -0.39 is 5.95 Å². The fourth-order valence-corrected chi connectivity index (χ4v) is 0.972. The van der Waals surface area contributed by atoms with Crippen LogP contribution in [0.5, 0.6) is 0 Å². The first-order valence-corrected chi connectivity index (χ1v) is 4.06. The molecule has 0 aromatic carbocycles. The van der Waals surface area contributed by atoms with Gasteiger partial charge in [-0.15, -0.1) is 0 Å². The van der Waals surface area contributed by atoms with Crippen LogP contribution in [0, 0.1) is 5.95 Å². The normalized spacial score (nSPS) is 9.77. The third kappa shape index (κ3) is 2.02. The fourth-order valence-electron chi connectivity index (χ4n) is 0.972. The number of carbonyl (C=O) groups excluding carboxylic acids is 1. The number of halogens is 1. The number of nitrogens with zero attached hydrogens (tertiary/aromatic N) is 1. The summed E-state index contributed by atoms with van der Waals surface area (Å²) in [4.78, 5) is 14.7. The maximum atomic E-state index is 13.1. The zero-order valence-electron chi connectivity index (χ0n) is 7.60. The summed E-state index contributed by atoms with van der Waals surface area (Å²) in [6, 6.07) is 3.02. The van der Waals surface area contributed by atoms with E-state index in [1.807, 2.05) is 0 Å². The van der Waals surface area contributed by atoms with E-state index in [4.69, 9.17) is 0 Å². The predicted octanol–water partition coefficient (Wildman–Crippen LogP) is 1.86. The highest BCUT2D eigenvalue weighted by Crippen LogP contribution is 2.11. The summed E-state index contributed by atoms with van der Waals surface area (Å²) in [5.74, 6) is -0.517. The smallest absolute Gasteiger partial charge is 0.225 e. The van der Waals surface area contributed by atoms with Crippen molar-refractivity contribution in [1.82, 2.24) is 4.98 Å². The van der Waals surface area contributed by atoms with Crippen LogP contribution in [0.3, 0.4) is 0 Å². The molecule has 0 unspecified atom stereocenters. The Hall–Kier alpha value is -1.45. The van der Waals surface area contributed by atoms with Gasteiger partial charge in [0.25, 0.3) is 0 Å². The molecule has 0 aliphatic rings. The lowest BCUT2D eigenvalue weighted by atomic mass is 10.1. The Morgan fingerprint density at radius 1 is 1.62 bits per heavy atom. The van der Waals surface area contributed by atoms with Gasteiger partial charge in [-0.05, 0) is 12.1 Å². The molecule has 1 aromatic rings. The summed E-state index contributed by atoms with van der Waals surface area (Å²) in [6.45, 7) is 1.69. The summed E-state index contributed by atoms with van der Waals surface area (Å²) in [7, 11) is 1.64. The zero-order chi connectivity index (χ0) is 9.84. The number of hydrogen-bond acceptors (Lipinski definition) is 3. The molecule has 3 nitrogen and oxygen atoms in total. The van der Waals surface area contributed by atoms with E-state index in [1.165, 1.54) is 6.07 Å². The third-order valence-corrected chi connectivity index (χ3v) is 1.73. The third-order valence-electron chi connectivity index (χ3n) is 1.73. The molecule has 0 radical (unpaired) electrons. The van der Waals surface area contributed by atoms with Crippen molar-refractivity contribution in [3.05, 3.63) is 23.6 Å². The van der Waals surface area contributed by atoms with Gasteiger partial charge in [-0.2, -0.15) is 4.39 Å². The number of carbonyl (C=O) groups is 1. The molecule has 0 saturated heterocycles. The molecule has 4 heteroatoms. The van der Waals surface area contributed by atoms with Gasteiger partial charge in [0.2, 0.25) is 5.95 Å². The molecule has 1 aromatic heterocycles. The van der Waals surface area contributed by atoms with Crippen LogP contribution in [-0.4, -0.2) is 17.8 Å². The number of ketones is 1. The highest BCUT2D eigenvalue weighted by Gasteiger charge is 2.10. The number of Topliss-reactive ketones (excluding diaryl/α,β-unsaturated/α-hetero) is 1. The van der Waals surface area contributed by atoms with Gasteiger partial charge in [-0.1, -0.05) is 6.92 Å². The molecular formula is C9H11FN2O. The molecule has 1 rings (SSSR count). The van der Waals surface area contributed by atoms with Crippen molar-refractivity contribution in [1.29, 1.82) is 0 Å². The Balaban J connectivity index is 3.05. The second-order valence-electron chi connectivity index (χ2n) is 2.56. The second kappa shape index (κ2) is 3.98. The Labute approximate surface area is 76.0 Å². The van der Waals surface area contributed by atoms with Gasteiger partial charge in [0, 0.05) is 13.5 Å². The van der Waals surface area contributed by atoms with Crippen LogP contribution < -0.4 is 5.32 Å². The number of anilines is 1. The van der Waals surface area contributed by atoms with Crippen LogP contribution in [0.4, 0.5) is 10.2 Å². The Morgan fingerprint density at radius 3 is 2.77 bits per heavy atom. The van der Waals surface area contributed by atoms with Crippen LogP contribution in [0.25, 0.3) is 0 Å². The monoisotopic (exact) mass is 182 g/mol. The van der Waals surface area contributed by atoms with E-state index in [-0.39, 0.29) is 17.8 Å². The number of rotatable bonds is 3. The minimum atomic E-state index is -0.710. The fraction of sp³-hybridized carbons (Fsp3) is 0.333. The van der Waals surface area contributed by atoms with Crippen molar-refractivity contribution >= 4 is 11.6 Å². The lowest BCUT2D eigenvalue weighted by Crippen LogP contribution is -2.04. The maximum Gasteiger partial charge on any atom is 0.225 e. The topological polar surface area (TPSA) is 42.0 Å². The molecule has 1 N–H and O–H groups in total. The van der Waals surface area contributed by atoms with E-state index in [2.05, 4.69) is 10.3 Å². The predicted molar refractivity (Wildman–Crippen MR) is 48.4 cm³/mol. The summed E-state index contributed by atoms with van der Waals surface area (Å²) < 4.78 is 13.1. The van der Waals surface area contributed by atoms with Crippen molar-refractivity contribution in [3.8, 4) is 0 Å². The molecule has 0 aliphatic carbocycles. The van der Waals surface area contributed by atoms with E-state index >= 15 is 0 Å². The van der Waals surface area contributed by atoms with Crippen LogP contribution in [0.15, 0.2) is 12.1 Å². The standard InChI is InChI=1S/C9H11FN2O/c1-3-7(13)6-4-5-8(11-2)12-9(6)10/h4-5H,3H2,1-2H3,(H,11,12). The summed E-state index contributed by atoms with van der Waals surface area (Å²) in [5.41, 5.74) is 0.0569. The Morgan fingerprint density at radius 2 is 2.31 bits per heavy atom. The number of nitrogens with one attached hydrogen (secondary N) is 1. The number of hydrogen-bond donors (Lipinski definition) is 1. The van der Waals surface area contributed by atoms with Crippen molar-refractivity contribution in [2.24, 2.45) is 0 Å². The van der Waals surface area contributed by atoms with Gasteiger partial charge in [-0.3, -0.25) is 4.79 Å². The van der Waals surface area contributed by atoms with E-state index in [0.29, 0.717) is 5.82 Å². The van der Waals surface area contributed by atoms with Crippen LogP contribution in [0.1, 0.15) is 23.7 Å². The minimum absolute atomic E-state index is 0.0569.